The van der Waals surface area contributed by atoms with Gasteiger partial charge in [0.1, 0.15) is 34.2 Å². The molecule has 28 heavy (non-hydrogen) atoms. The molecule has 1 aromatic carbocycles. The van der Waals surface area contributed by atoms with Gasteiger partial charge in [-0.1, -0.05) is 35.5 Å². The fourth-order valence-electron chi connectivity index (χ4n) is 2.77. The number of ether oxygens (including phenoxy) is 2. The second-order valence-electron chi connectivity index (χ2n) is 6.31. The third-order valence-electron chi connectivity index (χ3n) is 4.20. The Kier molecular flexibility index (Phi) is 7.54. The summed E-state index contributed by atoms with van der Waals surface area (Å²) in [4.78, 5) is 24.3. The van der Waals surface area contributed by atoms with E-state index in [0.29, 0.717) is 29.3 Å². The molecule has 0 spiro atoms. The molecule has 1 N–H and O–H groups in total. The highest BCUT2D eigenvalue weighted by Gasteiger charge is 2.26. The maximum atomic E-state index is 12.5. The summed E-state index contributed by atoms with van der Waals surface area (Å²) >= 11 is 0. The highest BCUT2D eigenvalue weighted by atomic mass is 32.2. The van der Waals surface area contributed by atoms with Crippen LogP contribution in [0.4, 0.5) is 0 Å². The predicted molar refractivity (Wildman–Crippen MR) is 105 cm³/mol. The van der Waals surface area contributed by atoms with E-state index in [0.717, 1.165) is 0 Å². The summed E-state index contributed by atoms with van der Waals surface area (Å²) in [6.45, 7) is -0.431. The number of carbonyl (C=O) groups excluding carboxylic acids is 2. The Hall–Kier alpha value is -2.00. The van der Waals surface area contributed by atoms with Crippen LogP contribution in [0, 0.1) is 5.92 Å². The Bertz CT molecular complexity index is 883. The highest BCUT2D eigenvalue weighted by molar-refractivity contribution is 7.85. The lowest BCUT2D eigenvalue weighted by atomic mass is 9.77. The van der Waals surface area contributed by atoms with Gasteiger partial charge >= 0.3 is 11.9 Å². The molecule has 0 amide bonds. The van der Waals surface area contributed by atoms with Gasteiger partial charge in [0.15, 0.2) is 0 Å². The minimum absolute atomic E-state index is 0.0501. The molecule has 2 unspecified atom stereocenters. The van der Waals surface area contributed by atoms with Crippen molar-refractivity contribution in [2.45, 2.75) is 25.3 Å². The summed E-state index contributed by atoms with van der Waals surface area (Å²) in [5.41, 5.74) is 1.26. The molecule has 0 bridgehead atoms. The van der Waals surface area contributed by atoms with E-state index >= 15 is 0 Å². The zero-order valence-electron chi connectivity index (χ0n) is 15.0. The standard InChI is InChI=1S/C17H17B3O7S/c18-9-14-13(7-11(19)8-15(14)20)17(22)27-12-3-1-10(2-4-12)16(21)26-5-6-28(23,24)25/h1,3,7-8,10,12H,2,4-6,9H2,(H,23,24,25). The smallest absolute Gasteiger partial charge is 0.338 e. The van der Waals surface area contributed by atoms with Gasteiger partial charge in [-0.05, 0) is 24.5 Å². The van der Waals surface area contributed by atoms with Crippen LogP contribution in [0.25, 0.3) is 0 Å². The summed E-state index contributed by atoms with van der Waals surface area (Å²) in [5.74, 6) is -2.48. The van der Waals surface area contributed by atoms with Gasteiger partial charge in [0, 0.05) is 0 Å². The minimum atomic E-state index is -4.19. The van der Waals surface area contributed by atoms with Gasteiger partial charge in [-0.15, -0.1) is 0 Å². The zero-order chi connectivity index (χ0) is 20.9. The molecule has 1 aliphatic carbocycles. The van der Waals surface area contributed by atoms with Crippen molar-refractivity contribution in [3.05, 3.63) is 35.4 Å². The Labute approximate surface area is 167 Å². The van der Waals surface area contributed by atoms with Crippen LogP contribution in [0.2, 0.25) is 0 Å². The molecule has 142 valence electrons. The van der Waals surface area contributed by atoms with Crippen LogP contribution in [0.3, 0.4) is 0 Å². The fourth-order valence-corrected chi connectivity index (χ4v) is 3.07. The number of benzene rings is 1. The van der Waals surface area contributed by atoms with Gasteiger partial charge < -0.3 is 9.47 Å². The van der Waals surface area contributed by atoms with E-state index < -0.39 is 46.4 Å². The van der Waals surface area contributed by atoms with Crippen molar-refractivity contribution in [2.24, 2.45) is 5.92 Å². The maximum absolute atomic E-state index is 12.5. The molecule has 0 fully saturated rings. The molecule has 0 saturated heterocycles. The largest absolute Gasteiger partial charge is 0.464 e. The summed E-state index contributed by atoms with van der Waals surface area (Å²) in [5, 5.41) is 0. The molecule has 2 atom stereocenters. The number of hydrogen-bond acceptors (Lipinski definition) is 6. The molecule has 11 heteroatoms. The first-order valence-electron chi connectivity index (χ1n) is 8.49. The van der Waals surface area contributed by atoms with Crippen LogP contribution in [0.1, 0.15) is 28.8 Å². The van der Waals surface area contributed by atoms with Crippen LogP contribution >= 0.6 is 0 Å². The minimum Gasteiger partial charge on any atom is -0.464 e. The highest BCUT2D eigenvalue weighted by Crippen LogP contribution is 2.22. The first-order valence-corrected chi connectivity index (χ1v) is 10.1. The molecule has 0 aromatic heterocycles. The van der Waals surface area contributed by atoms with E-state index in [4.69, 9.17) is 37.6 Å². The molecule has 0 aliphatic heterocycles. The third kappa shape index (κ3) is 6.27. The second-order valence-corrected chi connectivity index (χ2v) is 7.88. The van der Waals surface area contributed by atoms with E-state index in [1.54, 1.807) is 6.08 Å². The van der Waals surface area contributed by atoms with Crippen LogP contribution in [0.15, 0.2) is 24.3 Å². The summed E-state index contributed by atoms with van der Waals surface area (Å²) in [6, 6.07) is 2.96. The van der Waals surface area contributed by atoms with E-state index in [2.05, 4.69) is 0 Å². The van der Waals surface area contributed by atoms with E-state index in [-0.39, 0.29) is 11.9 Å². The number of esters is 2. The van der Waals surface area contributed by atoms with Gasteiger partial charge in [0.05, 0.1) is 19.3 Å². The van der Waals surface area contributed by atoms with Gasteiger partial charge in [0.2, 0.25) is 0 Å². The van der Waals surface area contributed by atoms with Gasteiger partial charge in [0.25, 0.3) is 10.1 Å². The summed E-state index contributed by atoms with van der Waals surface area (Å²) in [7, 11) is 13.0. The van der Waals surface area contributed by atoms with Crippen molar-refractivity contribution in [3.63, 3.8) is 0 Å². The van der Waals surface area contributed by atoms with Crippen LogP contribution in [-0.4, -0.2) is 66.9 Å². The number of hydrogen-bond donors (Lipinski definition) is 1. The van der Waals surface area contributed by atoms with Crippen molar-refractivity contribution in [1.29, 1.82) is 0 Å². The molecule has 7 nitrogen and oxygen atoms in total. The Morgan fingerprint density at radius 1 is 1.18 bits per heavy atom. The van der Waals surface area contributed by atoms with E-state index in [9.17, 15) is 18.0 Å². The summed E-state index contributed by atoms with van der Waals surface area (Å²) in [6.07, 6.45) is 3.32. The maximum Gasteiger partial charge on any atom is 0.338 e. The molecule has 1 aromatic rings. The van der Waals surface area contributed by atoms with E-state index in [1.165, 1.54) is 18.2 Å². The SMILES string of the molecule is [B]Cc1c([B])cc([B])cc1C(=O)OC1C=CC(C(=O)OCCS(=O)(=O)O)CC1. The van der Waals surface area contributed by atoms with Crippen molar-refractivity contribution in [3.8, 4) is 0 Å². The Morgan fingerprint density at radius 3 is 2.46 bits per heavy atom. The molecule has 6 radical (unpaired) electrons. The predicted octanol–water partition coefficient (Wildman–Crippen LogP) is -1.13. The molecule has 2 rings (SSSR count). The van der Waals surface area contributed by atoms with Crippen molar-refractivity contribution < 1.29 is 32.0 Å². The molecular formula is C17H17B3O7S. The summed E-state index contributed by atoms with van der Waals surface area (Å²) < 4.78 is 40.1. The number of rotatable bonds is 7. The van der Waals surface area contributed by atoms with E-state index in [1.807, 2.05) is 0 Å². The lowest BCUT2D eigenvalue weighted by Crippen LogP contribution is -2.28. The topological polar surface area (TPSA) is 107 Å². The monoisotopic (exact) mass is 398 g/mol. The average Bonchev–Trinajstić information content (AvgIpc) is 2.60. The van der Waals surface area contributed by atoms with Crippen LogP contribution < -0.4 is 10.9 Å². The molecule has 0 heterocycles. The lowest BCUT2D eigenvalue weighted by Gasteiger charge is -2.23. The average molecular weight is 398 g/mol. The normalized spacial score (nSPS) is 19.2. The van der Waals surface area contributed by atoms with Gasteiger partial charge in [-0.3, -0.25) is 9.35 Å². The lowest BCUT2D eigenvalue weighted by molar-refractivity contribution is -0.146. The number of carbonyl (C=O) groups is 2. The first-order chi connectivity index (χ1) is 13.1. The third-order valence-corrected chi connectivity index (χ3v) is 4.88. The van der Waals surface area contributed by atoms with Gasteiger partial charge in [-0.2, -0.15) is 8.42 Å². The first kappa shape index (κ1) is 22.3. The Balaban J connectivity index is 1.95. The Morgan fingerprint density at radius 2 is 1.89 bits per heavy atom. The van der Waals surface area contributed by atoms with Crippen molar-refractivity contribution >= 4 is 56.5 Å². The molecule has 1 aliphatic rings. The molecule has 0 saturated carbocycles. The van der Waals surface area contributed by atoms with Gasteiger partial charge in [-0.25, -0.2) is 4.79 Å². The van der Waals surface area contributed by atoms with Crippen molar-refractivity contribution in [2.75, 3.05) is 12.4 Å². The fraction of sp³-hybridized carbons (Fsp3) is 0.412. The quantitative estimate of drug-likeness (QED) is 0.268. The van der Waals surface area contributed by atoms with Crippen molar-refractivity contribution in [1.82, 2.24) is 0 Å². The second kappa shape index (κ2) is 9.47. The zero-order valence-corrected chi connectivity index (χ0v) is 15.9. The van der Waals surface area contributed by atoms with Crippen LogP contribution in [-0.2, 0) is 30.7 Å². The van der Waals surface area contributed by atoms with Crippen LogP contribution in [0.5, 0.6) is 0 Å². The molecular weight excluding hydrogens is 381 g/mol.